The molecule has 25 heavy (non-hydrogen) atoms. The quantitative estimate of drug-likeness (QED) is 0.770. The lowest BCUT2D eigenvalue weighted by atomic mass is 9.94. The zero-order chi connectivity index (χ0) is 17.2. The Hall–Kier alpha value is -2.66. The van der Waals surface area contributed by atoms with Gasteiger partial charge in [0.2, 0.25) is 5.91 Å². The monoisotopic (exact) mass is 334 g/mol. The Morgan fingerprint density at radius 1 is 1.16 bits per heavy atom. The van der Waals surface area contributed by atoms with E-state index in [4.69, 9.17) is 10.7 Å². The highest BCUT2D eigenvalue weighted by molar-refractivity contribution is 5.81. The van der Waals surface area contributed by atoms with Crippen LogP contribution in [0.1, 0.15) is 36.2 Å². The van der Waals surface area contributed by atoms with Gasteiger partial charge in [0.1, 0.15) is 11.9 Å². The molecule has 3 aromatic rings. The summed E-state index contributed by atoms with van der Waals surface area (Å²) in [4.78, 5) is 22.5. The van der Waals surface area contributed by atoms with Crippen molar-refractivity contribution in [2.75, 3.05) is 13.1 Å². The predicted octanol–water partition coefficient (Wildman–Crippen LogP) is 2.97. The van der Waals surface area contributed by atoms with E-state index in [1.165, 1.54) is 0 Å². The van der Waals surface area contributed by atoms with E-state index in [0.29, 0.717) is 0 Å². The number of benzene rings is 2. The molecule has 1 aromatic heterocycles. The number of rotatable bonds is 4. The van der Waals surface area contributed by atoms with Crippen LogP contribution in [-0.4, -0.2) is 33.9 Å². The molecule has 3 N–H and O–H groups in total. The zero-order valence-electron chi connectivity index (χ0n) is 14.1. The van der Waals surface area contributed by atoms with Crippen LogP contribution in [0.4, 0.5) is 0 Å². The lowest BCUT2D eigenvalue weighted by Crippen LogP contribution is -2.43. The molecule has 5 nitrogen and oxygen atoms in total. The summed E-state index contributed by atoms with van der Waals surface area (Å²) in [6, 6.07) is 17.5. The predicted molar refractivity (Wildman–Crippen MR) is 98.0 cm³/mol. The zero-order valence-corrected chi connectivity index (χ0v) is 14.1. The number of H-pyrrole nitrogens is 1. The number of nitrogens with two attached hydrogens (primary N) is 1. The lowest BCUT2D eigenvalue weighted by molar-refractivity contribution is -0.124. The molecule has 0 spiro atoms. The highest BCUT2D eigenvalue weighted by atomic mass is 16.1. The molecule has 0 radical (unpaired) electrons. The van der Waals surface area contributed by atoms with E-state index >= 15 is 0 Å². The normalized spacial score (nSPS) is 19.8. The summed E-state index contributed by atoms with van der Waals surface area (Å²) in [6.07, 6.45) is 2.09. The molecule has 0 bridgehead atoms. The number of hydrogen-bond acceptors (Lipinski definition) is 3. The van der Waals surface area contributed by atoms with Gasteiger partial charge in [-0.15, -0.1) is 0 Å². The number of nitrogens with one attached hydrogen (secondary N) is 1. The Balaban J connectivity index is 1.60. The molecule has 1 aliphatic heterocycles. The minimum atomic E-state index is -0.381. The summed E-state index contributed by atoms with van der Waals surface area (Å²) < 4.78 is 0. The van der Waals surface area contributed by atoms with Gasteiger partial charge in [0.25, 0.3) is 0 Å². The van der Waals surface area contributed by atoms with Crippen LogP contribution in [0.15, 0.2) is 54.6 Å². The summed E-state index contributed by atoms with van der Waals surface area (Å²) >= 11 is 0. The number of carbonyl (C=O) groups excluding carboxylic acids is 1. The van der Waals surface area contributed by atoms with Crippen LogP contribution in [0.5, 0.6) is 0 Å². The highest BCUT2D eigenvalue weighted by Gasteiger charge is 2.32. The third-order valence-corrected chi connectivity index (χ3v) is 5.00. The Labute approximate surface area is 146 Å². The fourth-order valence-corrected chi connectivity index (χ4v) is 3.82. The molecule has 0 unspecified atom stereocenters. The summed E-state index contributed by atoms with van der Waals surface area (Å²) in [6.45, 7) is 1.65. The van der Waals surface area contributed by atoms with E-state index in [1.54, 1.807) is 0 Å². The molecular formula is C20H22N4O. The van der Waals surface area contributed by atoms with Crippen molar-refractivity contribution in [3.05, 3.63) is 66.0 Å². The molecule has 2 atom stereocenters. The molecule has 2 heterocycles. The van der Waals surface area contributed by atoms with Crippen molar-refractivity contribution in [1.82, 2.24) is 14.9 Å². The summed E-state index contributed by atoms with van der Waals surface area (Å²) in [5, 5.41) is 0. The maximum atomic E-state index is 12.1. The van der Waals surface area contributed by atoms with Crippen molar-refractivity contribution in [1.29, 1.82) is 0 Å². The van der Waals surface area contributed by atoms with E-state index in [1.807, 2.05) is 54.6 Å². The standard InChI is InChI=1S/C20H22N4O/c21-19(25)18(14-7-2-1-3-8-14)24-12-6-9-15(13-24)20-22-16-10-4-5-11-17(16)23-20/h1-5,7-8,10-11,15,18H,6,9,12-13H2,(H2,21,25)(H,22,23)/t15-,18+/m1/s1. The van der Waals surface area contributed by atoms with Crippen molar-refractivity contribution in [2.45, 2.75) is 24.8 Å². The number of primary amides is 1. The highest BCUT2D eigenvalue weighted by Crippen LogP contribution is 2.31. The van der Waals surface area contributed by atoms with Crippen LogP contribution in [0.25, 0.3) is 11.0 Å². The number of nitrogens with zero attached hydrogens (tertiary/aromatic N) is 2. The molecule has 0 saturated carbocycles. The molecule has 1 fully saturated rings. The average Bonchev–Trinajstić information content (AvgIpc) is 3.07. The van der Waals surface area contributed by atoms with Gasteiger partial charge in [0.05, 0.1) is 11.0 Å². The molecule has 2 aromatic carbocycles. The van der Waals surface area contributed by atoms with Gasteiger partial charge < -0.3 is 10.7 Å². The number of aromatic amines is 1. The van der Waals surface area contributed by atoms with Gasteiger partial charge >= 0.3 is 0 Å². The Morgan fingerprint density at radius 3 is 2.68 bits per heavy atom. The van der Waals surface area contributed by atoms with Crippen molar-refractivity contribution in [3.8, 4) is 0 Å². The molecule has 1 saturated heterocycles. The van der Waals surface area contributed by atoms with Crippen LogP contribution >= 0.6 is 0 Å². The average molecular weight is 334 g/mol. The SMILES string of the molecule is NC(=O)[C@H](c1ccccc1)N1CCC[C@@H](c2nc3ccccc3[nH]2)C1. The molecule has 1 aliphatic rings. The number of piperidine rings is 1. The topological polar surface area (TPSA) is 75.0 Å². The second kappa shape index (κ2) is 6.69. The minimum absolute atomic E-state index is 0.284. The van der Waals surface area contributed by atoms with E-state index in [-0.39, 0.29) is 17.9 Å². The van der Waals surface area contributed by atoms with Crippen molar-refractivity contribution < 1.29 is 4.79 Å². The third kappa shape index (κ3) is 3.15. The van der Waals surface area contributed by atoms with Gasteiger partial charge in [-0.2, -0.15) is 0 Å². The summed E-state index contributed by atoms with van der Waals surface area (Å²) in [7, 11) is 0. The number of amides is 1. The molecule has 128 valence electrons. The molecular weight excluding hydrogens is 312 g/mol. The number of para-hydroxylation sites is 2. The molecule has 4 rings (SSSR count). The van der Waals surface area contributed by atoms with Crippen molar-refractivity contribution >= 4 is 16.9 Å². The number of hydrogen-bond donors (Lipinski definition) is 2. The maximum Gasteiger partial charge on any atom is 0.239 e. The van der Waals surface area contributed by atoms with Crippen LogP contribution in [-0.2, 0) is 4.79 Å². The number of likely N-dealkylation sites (tertiary alicyclic amines) is 1. The van der Waals surface area contributed by atoms with Gasteiger partial charge in [0.15, 0.2) is 0 Å². The molecule has 1 amide bonds. The van der Waals surface area contributed by atoms with E-state index in [9.17, 15) is 4.79 Å². The van der Waals surface area contributed by atoms with Gasteiger partial charge in [-0.25, -0.2) is 4.98 Å². The fraction of sp³-hybridized carbons (Fsp3) is 0.300. The van der Waals surface area contributed by atoms with Crippen molar-refractivity contribution in [3.63, 3.8) is 0 Å². The Bertz CT molecular complexity index is 841. The van der Waals surface area contributed by atoms with Gasteiger partial charge in [-0.05, 0) is 37.1 Å². The van der Waals surface area contributed by atoms with Crippen LogP contribution in [0, 0.1) is 0 Å². The first kappa shape index (κ1) is 15.8. The van der Waals surface area contributed by atoms with Crippen molar-refractivity contribution in [2.24, 2.45) is 5.73 Å². The number of carbonyl (C=O) groups is 1. The lowest BCUT2D eigenvalue weighted by Gasteiger charge is -2.36. The number of aromatic nitrogens is 2. The number of fused-ring (bicyclic) bond motifs is 1. The maximum absolute atomic E-state index is 12.1. The van der Waals surface area contributed by atoms with Gasteiger partial charge in [-0.1, -0.05) is 42.5 Å². The second-order valence-corrected chi connectivity index (χ2v) is 6.69. The first-order valence-corrected chi connectivity index (χ1v) is 8.75. The van der Waals surface area contributed by atoms with E-state index in [2.05, 4.69) is 9.88 Å². The summed E-state index contributed by atoms with van der Waals surface area (Å²) in [5.41, 5.74) is 8.75. The van der Waals surface area contributed by atoms with E-state index < -0.39 is 0 Å². The molecule has 5 heteroatoms. The minimum Gasteiger partial charge on any atom is -0.368 e. The first-order valence-electron chi connectivity index (χ1n) is 8.75. The van der Waals surface area contributed by atoms with Crippen LogP contribution in [0.2, 0.25) is 0 Å². The van der Waals surface area contributed by atoms with Crippen LogP contribution in [0.3, 0.4) is 0 Å². The summed E-state index contributed by atoms with van der Waals surface area (Å²) in [5.74, 6) is 0.991. The van der Waals surface area contributed by atoms with Gasteiger partial charge in [-0.3, -0.25) is 9.69 Å². The second-order valence-electron chi connectivity index (χ2n) is 6.69. The largest absolute Gasteiger partial charge is 0.368 e. The fourth-order valence-electron chi connectivity index (χ4n) is 3.82. The smallest absolute Gasteiger partial charge is 0.239 e. The first-order chi connectivity index (χ1) is 12.2. The van der Waals surface area contributed by atoms with Crippen LogP contribution < -0.4 is 5.73 Å². The third-order valence-electron chi connectivity index (χ3n) is 5.00. The molecule has 0 aliphatic carbocycles. The Kier molecular flexibility index (Phi) is 4.24. The Morgan fingerprint density at radius 2 is 1.92 bits per heavy atom. The van der Waals surface area contributed by atoms with E-state index in [0.717, 1.165) is 48.4 Å². The number of imidazole rings is 1. The van der Waals surface area contributed by atoms with Gasteiger partial charge in [0, 0.05) is 12.5 Å².